The van der Waals surface area contributed by atoms with Crippen molar-refractivity contribution < 1.29 is 4.79 Å². The van der Waals surface area contributed by atoms with Crippen LogP contribution >= 0.6 is 0 Å². The van der Waals surface area contributed by atoms with Crippen LogP contribution in [0.3, 0.4) is 0 Å². The lowest BCUT2D eigenvalue weighted by atomic mass is 10.0. The fraction of sp³-hybridized carbons (Fsp3) is 0.227. The fourth-order valence-electron chi connectivity index (χ4n) is 2.95. The molecule has 1 aromatic heterocycles. The zero-order valence-electron chi connectivity index (χ0n) is 15.3. The Morgan fingerprint density at radius 2 is 1.58 bits per heavy atom. The van der Waals surface area contributed by atoms with Gasteiger partial charge in [-0.05, 0) is 35.4 Å². The molecule has 0 saturated heterocycles. The Hall–Kier alpha value is -3.01. The third-order valence-corrected chi connectivity index (χ3v) is 4.48. The van der Waals surface area contributed by atoms with Crippen molar-refractivity contribution in [1.29, 1.82) is 0 Å². The molecule has 0 aliphatic rings. The van der Waals surface area contributed by atoms with Crippen LogP contribution in [0.1, 0.15) is 17.2 Å². The summed E-state index contributed by atoms with van der Waals surface area (Å²) in [5.74, 6) is 0.0294. The third kappa shape index (κ3) is 4.54. The Bertz CT molecular complexity index is 808. The molecule has 0 spiro atoms. The van der Waals surface area contributed by atoms with Crippen molar-refractivity contribution in [3.05, 3.63) is 90.3 Å². The molecule has 0 bridgehead atoms. The number of anilines is 1. The van der Waals surface area contributed by atoms with E-state index in [-0.39, 0.29) is 11.9 Å². The van der Waals surface area contributed by atoms with Gasteiger partial charge in [0.15, 0.2) is 0 Å². The summed E-state index contributed by atoms with van der Waals surface area (Å²) in [6.07, 6.45) is 4.55. The summed E-state index contributed by atoms with van der Waals surface area (Å²) in [7, 11) is 4.03. The van der Waals surface area contributed by atoms with Gasteiger partial charge in [0.05, 0.1) is 0 Å². The Morgan fingerprint density at radius 3 is 2.19 bits per heavy atom. The van der Waals surface area contributed by atoms with Crippen LogP contribution in [0.2, 0.25) is 0 Å². The molecular formula is C22H25N3O. The number of carbonyl (C=O) groups is 1. The Balaban J connectivity index is 1.67. The second-order valence-electron chi connectivity index (χ2n) is 6.61. The van der Waals surface area contributed by atoms with Gasteiger partial charge in [-0.25, -0.2) is 0 Å². The minimum absolute atomic E-state index is 0.0294. The number of hydrogen-bond acceptors (Lipinski definition) is 2. The highest BCUT2D eigenvalue weighted by Crippen LogP contribution is 2.16. The lowest BCUT2D eigenvalue weighted by molar-refractivity contribution is -0.124. The van der Waals surface area contributed by atoms with Crippen molar-refractivity contribution in [2.75, 3.05) is 19.0 Å². The molecule has 26 heavy (non-hydrogen) atoms. The van der Waals surface area contributed by atoms with Gasteiger partial charge in [-0.1, -0.05) is 42.5 Å². The first-order valence-corrected chi connectivity index (χ1v) is 8.84. The second-order valence-corrected chi connectivity index (χ2v) is 6.61. The highest BCUT2D eigenvalue weighted by atomic mass is 16.2. The number of hydrogen-bond donors (Lipinski definition) is 1. The predicted molar refractivity (Wildman–Crippen MR) is 106 cm³/mol. The first-order chi connectivity index (χ1) is 12.6. The third-order valence-electron chi connectivity index (χ3n) is 4.48. The average Bonchev–Trinajstić information content (AvgIpc) is 3.19. The number of nitrogens with zero attached hydrogens (tertiary/aromatic N) is 2. The molecule has 134 valence electrons. The highest BCUT2D eigenvalue weighted by Gasteiger charge is 2.19. The summed E-state index contributed by atoms with van der Waals surface area (Å²) in [6.45, 7) is 0.527. The second kappa shape index (κ2) is 8.39. The maximum absolute atomic E-state index is 12.9. The number of aromatic nitrogens is 1. The van der Waals surface area contributed by atoms with Crippen LogP contribution in [0.5, 0.6) is 0 Å². The molecule has 1 N–H and O–H groups in total. The van der Waals surface area contributed by atoms with Gasteiger partial charge in [0.25, 0.3) is 0 Å². The number of rotatable bonds is 7. The van der Waals surface area contributed by atoms with Crippen molar-refractivity contribution in [3.8, 4) is 0 Å². The van der Waals surface area contributed by atoms with Crippen LogP contribution in [0.4, 0.5) is 5.69 Å². The van der Waals surface area contributed by atoms with E-state index in [1.807, 2.05) is 61.4 Å². The normalized spacial score (nSPS) is 11.8. The van der Waals surface area contributed by atoms with Gasteiger partial charge in [-0.2, -0.15) is 0 Å². The van der Waals surface area contributed by atoms with E-state index in [2.05, 4.69) is 46.6 Å². The fourth-order valence-corrected chi connectivity index (χ4v) is 2.95. The van der Waals surface area contributed by atoms with E-state index < -0.39 is 0 Å². The SMILES string of the molecule is CN(C)c1ccc(CNC(=O)[C@@H](Cc2ccccc2)n2cccc2)cc1. The lowest BCUT2D eigenvalue weighted by Gasteiger charge is -2.19. The topological polar surface area (TPSA) is 37.3 Å². The van der Waals surface area contributed by atoms with Crippen molar-refractivity contribution in [1.82, 2.24) is 9.88 Å². The van der Waals surface area contributed by atoms with Crippen LogP contribution in [-0.2, 0) is 17.8 Å². The van der Waals surface area contributed by atoms with E-state index in [1.54, 1.807) is 0 Å². The maximum atomic E-state index is 12.9. The molecule has 2 aromatic carbocycles. The minimum atomic E-state index is -0.256. The molecule has 3 aromatic rings. The highest BCUT2D eigenvalue weighted by molar-refractivity contribution is 5.80. The van der Waals surface area contributed by atoms with E-state index >= 15 is 0 Å². The molecule has 1 amide bonds. The molecule has 0 aliphatic heterocycles. The summed E-state index contributed by atoms with van der Waals surface area (Å²) in [6, 6.07) is 22.0. The summed E-state index contributed by atoms with van der Waals surface area (Å²) >= 11 is 0. The largest absolute Gasteiger partial charge is 0.378 e. The van der Waals surface area contributed by atoms with Gasteiger partial charge in [-0.3, -0.25) is 4.79 Å². The van der Waals surface area contributed by atoms with Crippen LogP contribution in [0.25, 0.3) is 0 Å². The number of amides is 1. The van der Waals surface area contributed by atoms with E-state index in [0.29, 0.717) is 13.0 Å². The van der Waals surface area contributed by atoms with Gasteiger partial charge in [0, 0.05) is 45.1 Å². The molecule has 0 unspecified atom stereocenters. The minimum Gasteiger partial charge on any atom is -0.378 e. The summed E-state index contributed by atoms with van der Waals surface area (Å²) < 4.78 is 1.97. The summed E-state index contributed by atoms with van der Waals surface area (Å²) in [5.41, 5.74) is 3.39. The van der Waals surface area contributed by atoms with Gasteiger partial charge in [0.2, 0.25) is 5.91 Å². The van der Waals surface area contributed by atoms with Gasteiger partial charge < -0.3 is 14.8 Å². The first kappa shape index (κ1) is 17.8. The van der Waals surface area contributed by atoms with Crippen molar-refractivity contribution in [2.24, 2.45) is 0 Å². The van der Waals surface area contributed by atoms with E-state index in [1.165, 1.54) is 0 Å². The monoisotopic (exact) mass is 347 g/mol. The van der Waals surface area contributed by atoms with Crippen LogP contribution < -0.4 is 10.2 Å². The summed E-state index contributed by atoms with van der Waals surface area (Å²) in [5, 5.41) is 3.08. The molecule has 3 rings (SSSR count). The van der Waals surface area contributed by atoms with E-state index in [0.717, 1.165) is 16.8 Å². The maximum Gasteiger partial charge on any atom is 0.243 e. The lowest BCUT2D eigenvalue weighted by Crippen LogP contribution is -2.33. The van der Waals surface area contributed by atoms with Crippen LogP contribution in [0.15, 0.2) is 79.1 Å². The van der Waals surface area contributed by atoms with Crippen molar-refractivity contribution >= 4 is 11.6 Å². The quantitative estimate of drug-likeness (QED) is 0.708. The molecule has 4 heteroatoms. The van der Waals surface area contributed by atoms with Gasteiger partial charge in [-0.15, -0.1) is 0 Å². The molecule has 0 fully saturated rings. The Kier molecular flexibility index (Phi) is 5.74. The van der Waals surface area contributed by atoms with E-state index in [9.17, 15) is 4.79 Å². The average molecular weight is 347 g/mol. The van der Waals surface area contributed by atoms with Crippen LogP contribution in [0, 0.1) is 0 Å². The Morgan fingerprint density at radius 1 is 0.923 bits per heavy atom. The van der Waals surface area contributed by atoms with Crippen LogP contribution in [-0.4, -0.2) is 24.6 Å². The molecule has 0 aliphatic carbocycles. The smallest absolute Gasteiger partial charge is 0.243 e. The predicted octanol–water partition coefficient (Wildman–Crippen LogP) is 3.65. The zero-order chi connectivity index (χ0) is 18.4. The standard InChI is InChI=1S/C22H25N3O/c1-24(2)20-12-10-19(11-13-20)17-23-22(26)21(25-14-6-7-15-25)16-18-8-4-3-5-9-18/h3-15,21H,16-17H2,1-2H3,(H,23,26)/t21-/m1/s1. The molecule has 1 atom stereocenters. The van der Waals surface area contributed by atoms with Crippen molar-refractivity contribution in [2.45, 2.75) is 19.0 Å². The van der Waals surface area contributed by atoms with Crippen molar-refractivity contribution in [3.63, 3.8) is 0 Å². The number of carbonyl (C=O) groups excluding carboxylic acids is 1. The first-order valence-electron chi connectivity index (χ1n) is 8.84. The number of benzene rings is 2. The summed E-state index contributed by atoms with van der Waals surface area (Å²) in [4.78, 5) is 14.9. The van der Waals surface area contributed by atoms with E-state index in [4.69, 9.17) is 0 Å². The zero-order valence-corrected chi connectivity index (χ0v) is 15.3. The molecule has 0 radical (unpaired) electrons. The van der Waals surface area contributed by atoms with Gasteiger partial charge in [0.1, 0.15) is 6.04 Å². The number of nitrogens with one attached hydrogen (secondary N) is 1. The molecule has 4 nitrogen and oxygen atoms in total. The Labute approximate surface area is 155 Å². The molecule has 1 heterocycles. The van der Waals surface area contributed by atoms with Gasteiger partial charge >= 0.3 is 0 Å². The molecular weight excluding hydrogens is 322 g/mol. The molecule has 0 saturated carbocycles.